The highest BCUT2D eigenvalue weighted by Crippen LogP contribution is 2.44. The molecule has 162 valence electrons. The van der Waals surface area contributed by atoms with E-state index in [1.807, 2.05) is 42.5 Å². The molecule has 3 aliphatic rings. The highest BCUT2D eigenvalue weighted by molar-refractivity contribution is 5.99. The van der Waals surface area contributed by atoms with E-state index in [1.54, 1.807) is 4.90 Å². The largest absolute Gasteiger partial charge is 0.454 e. The van der Waals surface area contributed by atoms with Crippen LogP contribution in [0.3, 0.4) is 0 Å². The lowest BCUT2D eigenvalue weighted by Crippen LogP contribution is -2.63. The lowest BCUT2D eigenvalue weighted by molar-refractivity contribution is -0.159. The van der Waals surface area contributed by atoms with Crippen molar-refractivity contribution in [1.82, 2.24) is 14.8 Å². The van der Waals surface area contributed by atoms with Gasteiger partial charge in [-0.25, -0.2) is 0 Å². The summed E-state index contributed by atoms with van der Waals surface area (Å²) < 4.78 is 11.0. The minimum Gasteiger partial charge on any atom is -0.454 e. The third kappa shape index (κ3) is 2.67. The van der Waals surface area contributed by atoms with E-state index in [2.05, 4.69) is 4.98 Å². The molecule has 1 saturated heterocycles. The Morgan fingerprint density at radius 1 is 1.12 bits per heavy atom. The number of aromatic amines is 1. The molecule has 0 radical (unpaired) electrons. The molecule has 0 aliphatic carbocycles. The van der Waals surface area contributed by atoms with Gasteiger partial charge < -0.3 is 30.0 Å². The van der Waals surface area contributed by atoms with Crippen molar-refractivity contribution < 1.29 is 23.9 Å². The average Bonchev–Trinajstić information content (AvgIpc) is 3.39. The molecule has 0 unspecified atom stereocenters. The number of carbonyl (C=O) groups is 3. The number of fused-ring (bicyclic) bond motifs is 5. The van der Waals surface area contributed by atoms with Gasteiger partial charge in [0.2, 0.25) is 24.5 Å². The number of piperazine rings is 1. The number of carbonyl (C=O) groups excluding carboxylic acids is 3. The van der Waals surface area contributed by atoms with Crippen LogP contribution in [0.2, 0.25) is 0 Å². The van der Waals surface area contributed by atoms with Gasteiger partial charge in [0.1, 0.15) is 12.6 Å². The molecule has 4 heterocycles. The smallest absolute Gasteiger partial charge is 0.246 e. The van der Waals surface area contributed by atoms with Gasteiger partial charge in [-0.15, -0.1) is 0 Å². The molecular weight excluding hydrogens is 412 g/mol. The second-order valence-electron chi connectivity index (χ2n) is 8.26. The van der Waals surface area contributed by atoms with Gasteiger partial charge in [-0.1, -0.05) is 24.3 Å². The van der Waals surface area contributed by atoms with Crippen molar-refractivity contribution in [2.45, 2.75) is 18.5 Å². The fourth-order valence-corrected chi connectivity index (χ4v) is 5.08. The van der Waals surface area contributed by atoms with Gasteiger partial charge in [-0.2, -0.15) is 0 Å². The van der Waals surface area contributed by atoms with Crippen LogP contribution in [0.15, 0.2) is 42.5 Å². The maximum atomic E-state index is 13.3. The number of amides is 3. The third-order valence-corrected chi connectivity index (χ3v) is 6.40. The van der Waals surface area contributed by atoms with Crippen LogP contribution in [0.25, 0.3) is 10.9 Å². The van der Waals surface area contributed by atoms with Crippen LogP contribution in [0.4, 0.5) is 0 Å². The highest BCUT2D eigenvalue weighted by atomic mass is 16.7. The van der Waals surface area contributed by atoms with Gasteiger partial charge in [0.05, 0.1) is 12.6 Å². The van der Waals surface area contributed by atoms with Crippen LogP contribution in [0.5, 0.6) is 11.5 Å². The number of primary amides is 1. The molecular formula is C23H20N4O5. The molecule has 9 nitrogen and oxygen atoms in total. The topological polar surface area (TPSA) is 118 Å². The van der Waals surface area contributed by atoms with Crippen LogP contribution in [-0.2, 0) is 20.8 Å². The number of nitrogens with zero attached hydrogens (tertiary/aromatic N) is 2. The van der Waals surface area contributed by atoms with Crippen molar-refractivity contribution in [3.8, 4) is 11.5 Å². The Kier molecular flexibility index (Phi) is 3.95. The van der Waals surface area contributed by atoms with E-state index in [0.717, 1.165) is 27.7 Å². The summed E-state index contributed by atoms with van der Waals surface area (Å²) in [5.74, 6) is 0.100. The Bertz CT molecular complexity index is 1300. The third-order valence-electron chi connectivity index (χ3n) is 6.40. The van der Waals surface area contributed by atoms with Crippen LogP contribution >= 0.6 is 0 Å². The first-order valence-electron chi connectivity index (χ1n) is 10.4. The first-order chi connectivity index (χ1) is 15.5. The van der Waals surface area contributed by atoms with Gasteiger partial charge in [-0.3, -0.25) is 14.4 Å². The summed E-state index contributed by atoms with van der Waals surface area (Å²) in [5, 5.41) is 1.01. The van der Waals surface area contributed by atoms with Crippen LogP contribution < -0.4 is 15.2 Å². The number of para-hydroxylation sites is 1. The fraction of sp³-hybridized carbons (Fsp3) is 0.261. The highest BCUT2D eigenvalue weighted by Gasteiger charge is 2.48. The second-order valence-corrected chi connectivity index (χ2v) is 8.26. The Balaban J connectivity index is 1.53. The van der Waals surface area contributed by atoms with Crippen molar-refractivity contribution in [1.29, 1.82) is 0 Å². The molecule has 0 bridgehead atoms. The monoisotopic (exact) mass is 432 g/mol. The molecule has 2 atom stereocenters. The summed E-state index contributed by atoms with van der Waals surface area (Å²) in [6.07, 6.45) is 0.361. The molecule has 9 heteroatoms. The number of hydrogen-bond donors (Lipinski definition) is 2. The molecule has 1 aromatic heterocycles. The normalized spacial score (nSPS) is 21.6. The summed E-state index contributed by atoms with van der Waals surface area (Å²) in [6.45, 7) is -0.313. The molecule has 1 fully saturated rings. The Labute approximate surface area is 182 Å². The predicted octanol–water partition coefficient (Wildman–Crippen LogP) is 1.07. The quantitative estimate of drug-likeness (QED) is 0.642. The zero-order chi connectivity index (χ0) is 22.0. The van der Waals surface area contributed by atoms with Crippen molar-refractivity contribution >= 4 is 28.6 Å². The Hall–Kier alpha value is -4.01. The lowest BCUT2D eigenvalue weighted by Gasteiger charge is -2.46. The summed E-state index contributed by atoms with van der Waals surface area (Å²) >= 11 is 0. The van der Waals surface area contributed by atoms with E-state index in [0.29, 0.717) is 17.9 Å². The van der Waals surface area contributed by atoms with Crippen molar-refractivity contribution in [2.24, 2.45) is 5.73 Å². The molecule has 3 aromatic rings. The summed E-state index contributed by atoms with van der Waals surface area (Å²) in [7, 11) is 0. The maximum absolute atomic E-state index is 13.3. The van der Waals surface area contributed by atoms with Crippen molar-refractivity contribution in [3.05, 3.63) is 59.3 Å². The number of ether oxygens (including phenoxy) is 2. The molecule has 0 saturated carbocycles. The van der Waals surface area contributed by atoms with E-state index in [9.17, 15) is 14.4 Å². The summed E-state index contributed by atoms with van der Waals surface area (Å²) in [6, 6.07) is 12.2. The van der Waals surface area contributed by atoms with E-state index in [4.69, 9.17) is 15.2 Å². The zero-order valence-electron chi connectivity index (χ0n) is 17.0. The zero-order valence-corrected chi connectivity index (χ0v) is 17.0. The minimum absolute atomic E-state index is 0.146. The first-order valence-corrected chi connectivity index (χ1v) is 10.4. The SMILES string of the molecule is NC(=O)CN1CC(=O)N2[C@H](c3ccc4c(c3)OCO4)c3[nH]c4ccccc4c3C[C@@H]2C1=O. The molecule has 3 aliphatic heterocycles. The molecule has 3 N–H and O–H groups in total. The number of H-pyrrole nitrogens is 1. The van der Waals surface area contributed by atoms with Crippen molar-refractivity contribution in [3.63, 3.8) is 0 Å². The number of hydrogen-bond acceptors (Lipinski definition) is 5. The second kappa shape index (κ2) is 6.74. The molecule has 2 aromatic carbocycles. The fourth-order valence-electron chi connectivity index (χ4n) is 5.08. The van der Waals surface area contributed by atoms with Gasteiger partial charge in [0, 0.05) is 23.0 Å². The number of aromatic nitrogens is 1. The number of benzene rings is 2. The average molecular weight is 432 g/mol. The van der Waals surface area contributed by atoms with E-state index < -0.39 is 18.0 Å². The first kappa shape index (κ1) is 18.7. The van der Waals surface area contributed by atoms with Gasteiger partial charge in [0.25, 0.3) is 0 Å². The van der Waals surface area contributed by atoms with Gasteiger partial charge >= 0.3 is 0 Å². The predicted molar refractivity (Wildman–Crippen MR) is 113 cm³/mol. The van der Waals surface area contributed by atoms with Crippen LogP contribution in [-0.4, -0.2) is 58.4 Å². The number of nitrogens with one attached hydrogen (secondary N) is 1. The molecule has 3 amide bonds. The van der Waals surface area contributed by atoms with E-state index in [1.165, 1.54) is 4.90 Å². The van der Waals surface area contributed by atoms with E-state index >= 15 is 0 Å². The maximum Gasteiger partial charge on any atom is 0.246 e. The Morgan fingerprint density at radius 2 is 1.94 bits per heavy atom. The molecule has 32 heavy (non-hydrogen) atoms. The lowest BCUT2D eigenvalue weighted by atomic mass is 9.86. The van der Waals surface area contributed by atoms with Crippen molar-refractivity contribution in [2.75, 3.05) is 19.9 Å². The summed E-state index contributed by atoms with van der Waals surface area (Å²) in [5.41, 5.74) is 8.95. The van der Waals surface area contributed by atoms with Crippen LogP contribution in [0, 0.1) is 0 Å². The van der Waals surface area contributed by atoms with Crippen LogP contribution in [0.1, 0.15) is 22.9 Å². The summed E-state index contributed by atoms with van der Waals surface area (Å²) in [4.78, 5) is 44.5. The molecule has 0 spiro atoms. The van der Waals surface area contributed by atoms with E-state index in [-0.39, 0.29) is 31.7 Å². The number of rotatable bonds is 3. The minimum atomic E-state index is -0.724. The standard InChI is InChI=1S/C23H20N4O5/c24-19(28)9-26-10-20(29)27-16(23(26)30)8-14-13-3-1-2-4-15(13)25-21(14)22(27)12-5-6-17-18(7-12)32-11-31-17/h1-7,16,22,25H,8-11H2,(H2,24,28)/t16-,22-/m1/s1. The van der Waals surface area contributed by atoms with Gasteiger partial charge in [-0.05, 0) is 29.3 Å². The Morgan fingerprint density at radius 3 is 2.78 bits per heavy atom. The molecule has 6 rings (SSSR count). The van der Waals surface area contributed by atoms with Gasteiger partial charge in [0.15, 0.2) is 11.5 Å². The number of nitrogens with two attached hydrogens (primary N) is 1.